The molecule has 3 heteroatoms. The van der Waals surface area contributed by atoms with Crippen molar-refractivity contribution in [1.29, 1.82) is 0 Å². The third kappa shape index (κ3) is 1.53. The van der Waals surface area contributed by atoms with Gasteiger partial charge in [-0.15, -0.1) is 0 Å². The number of fused-ring (bicyclic) bond motifs is 1. The molecular weight excluding hydrogens is 174 g/mol. The summed E-state index contributed by atoms with van der Waals surface area (Å²) in [5.74, 6) is 0. The van der Waals surface area contributed by atoms with Crippen LogP contribution in [-0.4, -0.2) is 10.7 Å². The van der Waals surface area contributed by atoms with E-state index in [9.17, 15) is 0 Å². The fourth-order valence-corrected chi connectivity index (χ4v) is 1.54. The summed E-state index contributed by atoms with van der Waals surface area (Å²) in [5.41, 5.74) is 11.0. The van der Waals surface area contributed by atoms with Crippen LogP contribution >= 0.6 is 0 Å². The second kappa shape index (κ2) is 3.25. The normalized spacial score (nSPS) is 11.1. The molecule has 0 amide bonds. The van der Waals surface area contributed by atoms with Crippen molar-refractivity contribution in [2.45, 2.75) is 19.9 Å². The molecule has 0 spiro atoms. The van der Waals surface area contributed by atoms with Crippen LogP contribution in [0.25, 0.3) is 10.9 Å². The predicted molar refractivity (Wildman–Crippen MR) is 60.8 cm³/mol. The summed E-state index contributed by atoms with van der Waals surface area (Å²) in [6, 6.07) is 8.41. The fourth-order valence-electron chi connectivity index (χ4n) is 1.54. The lowest BCUT2D eigenvalue weighted by Crippen LogP contribution is -2.20. The average molecular weight is 189 g/mol. The Kier molecular flexibility index (Phi) is 2.08. The summed E-state index contributed by atoms with van der Waals surface area (Å²) in [7, 11) is 0. The van der Waals surface area contributed by atoms with Crippen LogP contribution in [0.5, 0.6) is 0 Å². The van der Waals surface area contributed by atoms with Gasteiger partial charge in [-0.1, -0.05) is 6.07 Å². The molecule has 0 aliphatic rings. The number of aromatic nitrogens is 1. The highest BCUT2D eigenvalue weighted by Crippen LogP contribution is 2.17. The molecule has 0 aliphatic carbocycles. The van der Waals surface area contributed by atoms with Crippen LogP contribution in [0, 0.1) is 0 Å². The first kappa shape index (κ1) is 8.94. The van der Waals surface area contributed by atoms with Crippen LogP contribution in [0.4, 0.5) is 5.69 Å². The summed E-state index contributed by atoms with van der Waals surface area (Å²) in [4.78, 5) is 0. The number of rotatable bonds is 2. The summed E-state index contributed by atoms with van der Waals surface area (Å²) in [6.07, 6.45) is 2.02. The van der Waals surface area contributed by atoms with E-state index in [0.717, 1.165) is 11.2 Å². The first-order valence-corrected chi connectivity index (χ1v) is 4.80. The Morgan fingerprint density at radius 1 is 1.29 bits per heavy atom. The quantitative estimate of drug-likeness (QED) is 0.711. The van der Waals surface area contributed by atoms with Crippen LogP contribution < -0.4 is 11.2 Å². The number of nitrogens with one attached hydrogen (secondary N) is 1. The van der Waals surface area contributed by atoms with Gasteiger partial charge in [-0.25, -0.2) is 0 Å². The second-order valence-corrected chi connectivity index (χ2v) is 3.79. The van der Waals surface area contributed by atoms with Gasteiger partial charge in [0, 0.05) is 23.3 Å². The molecular formula is C11H15N3. The van der Waals surface area contributed by atoms with Gasteiger partial charge in [0.25, 0.3) is 0 Å². The number of hydrogen-bond donors (Lipinski definition) is 2. The Hall–Kier alpha value is -1.64. The largest absolute Gasteiger partial charge is 0.399 e. The molecule has 2 aromatic rings. The summed E-state index contributed by atoms with van der Waals surface area (Å²) >= 11 is 0. The van der Waals surface area contributed by atoms with E-state index < -0.39 is 0 Å². The van der Waals surface area contributed by atoms with Crippen molar-refractivity contribution in [1.82, 2.24) is 4.68 Å². The maximum atomic E-state index is 5.74. The van der Waals surface area contributed by atoms with Gasteiger partial charge in [-0.05, 0) is 32.0 Å². The van der Waals surface area contributed by atoms with E-state index in [0.29, 0.717) is 6.04 Å². The minimum absolute atomic E-state index is 0.409. The highest BCUT2D eigenvalue weighted by atomic mass is 15.4. The molecule has 74 valence electrons. The van der Waals surface area contributed by atoms with Gasteiger partial charge in [0.15, 0.2) is 0 Å². The first-order chi connectivity index (χ1) is 6.66. The highest BCUT2D eigenvalue weighted by molar-refractivity contribution is 5.83. The van der Waals surface area contributed by atoms with E-state index in [1.54, 1.807) is 0 Å². The number of hydrogen-bond acceptors (Lipinski definition) is 2. The summed E-state index contributed by atoms with van der Waals surface area (Å²) in [5, 5.41) is 1.20. The Morgan fingerprint density at radius 3 is 2.79 bits per heavy atom. The van der Waals surface area contributed by atoms with E-state index in [4.69, 9.17) is 5.73 Å². The monoisotopic (exact) mass is 189 g/mol. The van der Waals surface area contributed by atoms with Crippen molar-refractivity contribution in [3.63, 3.8) is 0 Å². The first-order valence-electron chi connectivity index (χ1n) is 4.80. The Labute approximate surface area is 83.5 Å². The van der Waals surface area contributed by atoms with Gasteiger partial charge in [0.2, 0.25) is 0 Å². The van der Waals surface area contributed by atoms with E-state index >= 15 is 0 Å². The smallest absolute Gasteiger partial charge is 0.0712 e. The molecule has 0 saturated carbocycles. The lowest BCUT2D eigenvalue weighted by molar-refractivity contribution is 0.755. The zero-order valence-corrected chi connectivity index (χ0v) is 8.49. The summed E-state index contributed by atoms with van der Waals surface area (Å²) < 4.78 is 2.01. The molecule has 2 rings (SSSR count). The number of anilines is 1. The SMILES string of the molecule is CC(C)Nn1ccc2ccc(N)cc21. The molecule has 0 unspecified atom stereocenters. The molecule has 1 aromatic heterocycles. The Bertz CT molecular complexity index is 443. The predicted octanol–water partition coefficient (Wildman–Crippen LogP) is 2.18. The lowest BCUT2D eigenvalue weighted by Gasteiger charge is -2.12. The van der Waals surface area contributed by atoms with Crippen molar-refractivity contribution < 1.29 is 0 Å². The second-order valence-electron chi connectivity index (χ2n) is 3.79. The molecule has 0 radical (unpaired) electrons. The maximum absolute atomic E-state index is 5.74. The fraction of sp³-hybridized carbons (Fsp3) is 0.273. The maximum Gasteiger partial charge on any atom is 0.0712 e. The van der Waals surface area contributed by atoms with E-state index in [1.807, 2.05) is 29.1 Å². The third-order valence-electron chi connectivity index (χ3n) is 2.11. The van der Waals surface area contributed by atoms with Gasteiger partial charge in [0.05, 0.1) is 5.52 Å². The minimum Gasteiger partial charge on any atom is -0.399 e. The zero-order chi connectivity index (χ0) is 10.1. The van der Waals surface area contributed by atoms with Gasteiger partial charge in [-0.3, -0.25) is 4.68 Å². The number of nitrogens with zero attached hydrogens (tertiary/aromatic N) is 1. The molecule has 0 saturated heterocycles. The molecule has 0 atom stereocenters. The van der Waals surface area contributed by atoms with E-state index in [2.05, 4.69) is 25.3 Å². The Morgan fingerprint density at radius 2 is 2.07 bits per heavy atom. The molecule has 3 nitrogen and oxygen atoms in total. The topological polar surface area (TPSA) is 43.0 Å². The molecule has 0 bridgehead atoms. The number of nitrogen functional groups attached to an aromatic ring is 1. The molecule has 1 aromatic carbocycles. The van der Waals surface area contributed by atoms with Crippen molar-refractivity contribution in [2.75, 3.05) is 11.2 Å². The van der Waals surface area contributed by atoms with Crippen LogP contribution in [0.1, 0.15) is 13.8 Å². The van der Waals surface area contributed by atoms with Crippen LogP contribution in [0.3, 0.4) is 0 Å². The molecule has 3 N–H and O–H groups in total. The van der Waals surface area contributed by atoms with Crippen molar-refractivity contribution >= 4 is 16.6 Å². The minimum atomic E-state index is 0.409. The van der Waals surface area contributed by atoms with Gasteiger partial charge >= 0.3 is 0 Å². The Balaban J connectivity index is 2.50. The van der Waals surface area contributed by atoms with Gasteiger partial charge in [0.1, 0.15) is 0 Å². The third-order valence-corrected chi connectivity index (χ3v) is 2.11. The van der Waals surface area contributed by atoms with Crippen LogP contribution in [0.2, 0.25) is 0 Å². The van der Waals surface area contributed by atoms with Crippen molar-refractivity contribution in [3.05, 3.63) is 30.5 Å². The molecule has 1 heterocycles. The number of benzene rings is 1. The highest BCUT2D eigenvalue weighted by Gasteiger charge is 2.01. The number of nitrogens with two attached hydrogens (primary N) is 1. The van der Waals surface area contributed by atoms with E-state index in [-0.39, 0.29) is 0 Å². The lowest BCUT2D eigenvalue weighted by atomic mass is 10.2. The van der Waals surface area contributed by atoms with Gasteiger partial charge in [-0.2, -0.15) is 0 Å². The average Bonchev–Trinajstić information content (AvgIpc) is 2.47. The van der Waals surface area contributed by atoms with Crippen molar-refractivity contribution in [3.8, 4) is 0 Å². The molecule has 0 fully saturated rings. The van der Waals surface area contributed by atoms with Gasteiger partial charge < -0.3 is 11.2 Å². The van der Waals surface area contributed by atoms with E-state index in [1.165, 1.54) is 5.39 Å². The molecule has 0 aliphatic heterocycles. The summed E-state index contributed by atoms with van der Waals surface area (Å²) in [6.45, 7) is 4.22. The van der Waals surface area contributed by atoms with Crippen LogP contribution in [-0.2, 0) is 0 Å². The van der Waals surface area contributed by atoms with Crippen molar-refractivity contribution in [2.24, 2.45) is 0 Å². The zero-order valence-electron chi connectivity index (χ0n) is 8.49. The standard InChI is InChI=1S/C11H15N3/c1-8(2)13-14-6-5-9-3-4-10(12)7-11(9)14/h3-8,13H,12H2,1-2H3. The van der Waals surface area contributed by atoms with Crippen LogP contribution in [0.15, 0.2) is 30.5 Å². The molecule has 14 heavy (non-hydrogen) atoms.